The molecule has 0 aromatic carbocycles. The van der Waals surface area contributed by atoms with Crippen LogP contribution in [0.4, 0.5) is 0 Å². The average molecular weight is 319 g/mol. The summed E-state index contributed by atoms with van der Waals surface area (Å²) >= 11 is 0. The molecule has 1 fully saturated rings. The van der Waals surface area contributed by atoms with Crippen LogP contribution in [0.25, 0.3) is 0 Å². The average Bonchev–Trinajstić information content (AvgIpc) is 2.47. The van der Waals surface area contributed by atoms with E-state index in [2.05, 4.69) is 42.9 Å². The minimum atomic E-state index is -0.104. The number of morpholine rings is 1. The van der Waals surface area contributed by atoms with Crippen molar-refractivity contribution < 1.29 is 9.53 Å². The SMILES string of the molecule is CC(C)[C@H](C(=O)NCCc1ccccn1)N1C[C@@H](C)O[C@@H](C)C1. The molecule has 0 bridgehead atoms. The van der Waals surface area contributed by atoms with Gasteiger partial charge in [-0.3, -0.25) is 14.7 Å². The number of nitrogens with one attached hydrogen (secondary N) is 1. The van der Waals surface area contributed by atoms with E-state index in [4.69, 9.17) is 4.74 Å². The van der Waals surface area contributed by atoms with Gasteiger partial charge in [0.05, 0.1) is 18.2 Å². The molecule has 0 aliphatic carbocycles. The second-order valence-corrected chi connectivity index (χ2v) is 6.76. The van der Waals surface area contributed by atoms with Crippen LogP contribution in [-0.4, -0.2) is 53.7 Å². The highest BCUT2D eigenvalue weighted by Crippen LogP contribution is 2.18. The van der Waals surface area contributed by atoms with Gasteiger partial charge < -0.3 is 10.1 Å². The van der Waals surface area contributed by atoms with Gasteiger partial charge in [0.2, 0.25) is 5.91 Å². The van der Waals surface area contributed by atoms with E-state index in [9.17, 15) is 4.79 Å². The third kappa shape index (κ3) is 5.29. The number of aromatic nitrogens is 1. The fourth-order valence-electron chi connectivity index (χ4n) is 3.30. The van der Waals surface area contributed by atoms with Gasteiger partial charge in [0.25, 0.3) is 0 Å². The molecule has 5 heteroatoms. The summed E-state index contributed by atoms with van der Waals surface area (Å²) in [5.74, 6) is 0.375. The summed E-state index contributed by atoms with van der Waals surface area (Å²) in [6.07, 6.45) is 2.88. The van der Waals surface area contributed by atoms with Gasteiger partial charge in [-0.1, -0.05) is 19.9 Å². The lowest BCUT2D eigenvalue weighted by Crippen LogP contribution is -2.57. The van der Waals surface area contributed by atoms with Gasteiger partial charge in [0, 0.05) is 37.9 Å². The number of pyridine rings is 1. The molecule has 1 saturated heterocycles. The lowest BCUT2D eigenvalue weighted by atomic mass is 9.99. The number of ether oxygens (including phenoxy) is 1. The molecule has 0 spiro atoms. The lowest BCUT2D eigenvalue weighted by Gasteiger charge is -2.41. The summed E-state index contributed by atoms with van der Waals surface area (Å²) in [6.45, 7) is 10.6. The molecule has 1 aromatic rings. The van der Waals surface area contributed by atoms with Gasteiger partial charge in [-0.15, -0.1) is 0 Å². The smallest absolute Gasteiger partial charge is 0.237 e. The maximum Gasteiger partial charge on any atom is 0.237 e. The van der Waals surface area contributed by atoms with E-state index in [0.29, 0.717) is 6.54 Å². The molecule has 0 radical (unpaired) electrons. The van der Waals surface area contributed by atoms with Crippen molar-refractivity contribution in [3.63, 3.8) is 0 Å². The first-order valence-electron chi connectivity index (χ1n) is 8.54. The number of amides is 1. The summed E-state index contributed by atoms with van der Waals surface area (Å²) in [4.78, 5) is 19.2. The highest BCUT2D eigenvalue weighted by atomic mass is 16.5. The van der Waals surface area contributed by atoms with Crippen LogP contribution >= 0.6 is 0 Å². The lowest BCUT2D eigenvalue weighted by molar-refractivity contribution is -0.135. The standard InChI is InChI=1S/C18H29N3O2/c1-13(2)17(21-11-14(3)23-15(4)12-21)18(22)20-10-8-16-7-5-6-9-19-16/h5-7,9,13-15,17H,8,10-12H2,1-4H3,(H,20,22)/t14-,15+,17-/m1/s1. The van der Waals surface area contributed by atoms with Gasteiger partial charge in [0.15, 0.2) is 0 Å². The van der Waals surface area contributed by atoms with E-state index in [1.807, 2.05) is 18.2 Å². The van der Waals surface area contributed by atoms with Crippen molar-refractivity contribution in [2.45, 2.75) is 52.4 Å². The summed E-state index contributed by atoms with van der Waals surface area (Å²) in [5.41, 5.74) is 1.00. The molecule has 0 unspecified atom stereocenters. The molecule has 1 aromatic heterocycles. The molecule has 23 heavy (non-hydrogen) atoms. The molecule has 1 N–H and O–H groups in total. The Kier molecular flexibility index (Phi) is 6.54. The maximum absolute atomic E-state index is 12.7. The third-order valence-corrected chi connectivity index (χ3v) is 4.15. The van der Waals surface area contributed by atoms with Crippen LogP contribution in [-0.2, 0) is 16.0 Å². The first-order valence-corrected chi connectivity index (χ1v) is 8.54. The van der Waals surface area contributed by atoms with Crippen molar-refractivity contribution in [1.82, 2.24) is 15.2 Å². The quantitative estimate of drug-likeness (QED) is 0.870. The van der Waals surface area contributed by atoms with E-state index in [-0.39, 0.29) is 30.1 Å². The Bertz CT molecular complexity index is 482. The Balaban J connectivity index is 1.90. The van der Waals surface area contributed by atoms with Crippen LogP contribution in [0.5, 0.6) is 0 Å². The Labute approximate surface area is 139 Å². The molecule has 2 heterocycles. The Hall–Kier alpha value is -1.46. The number of nitrogens with zero attached hydrogens (tertiary/aromatic N) is 2. The van der Waals surface area contributed by atoms with Crippen LogP contribution in [0.15, 0.2) is 24.4 Å². The molecule has 1 amide bonds. The number of carbonyl (C=O) groups is 1. The van der Waals surface area contributed by atoms with Crippen LogP contribution in [0.2, 0.25) is 0 Å². The van der Waals surface area contributed by atoms with Gasteiger partial charge in [-0.25, -0.2) is 0 Å². The summed E-state index contributed by atoms with van der Waals surface area (Å²) in [6, 6.07) is 5.75. The number of hydrogen-bond acceptors (Lipinski definition) is 4. The number of rotatable bonds is 6. The largest absolute Gasteiger partial charge is 0.373 e. The second-order valence-electron chi connectivity index (χ2n) is 6.76. The van der Waals surface area contributed by atoms with E-state index in [0.717, 1.165) is 25.2 Å². The van der Waals surface area contributed by atoms with Crippen LogP contribution in [0.1, 0.15) is 33.4 Å². The third-order valence-electron chi connectivity index (χ3n) is 4.15. The zero-order chi connectivity index (χ0) is 16.8. The van der Waals surface area contributed by atoms with E-state index < -0.39 is 0 Å². The molecular weight excluding hydrogens is 290 g/mol. The van der Waals surface area contributed by atoms with Crippen molar-refractivity contribution in [1.29, 1.82) is 0 Å². The van der Waals surface area contributed by atoms with Gasteiger partial charge in [0.1, 0.15) is 0 Å². The Morgan fingerprint density at radius 1 is 1.35 bits per heavy atom. The zero-order valence-corrected chi connectivity index (χ0v) is 14.7. The highest BCUT2D eigenvalue weighted by Gasteiger charge is 2.33. The fraction of sp³-hybridized carbons (Fsp3) is 0.667. The first kappa shape index (κ1) is 17.9. The predicted molar refractivity (Wildman–Crippen MR) is 91.2 cm³/mol. The monoisotopic (exact) mass is 319 g/mol. The molecule has 0 saturated carbocycles. The van der Waals surface area contributed by atoms with Crippen LogP contribution in [0.3, 0.4) is 0 Å². The minimum absolute atomic E-state index is 0.104. The number of hydrogen-bond donors (Lipinski definition) is 1. The predicted octanol–water partition coefficient (Wildman–Crippen LogP) is 1.87. The maximum atomic E-state index is 12.7. The molecular formula is C18H29N3O2. The van der Waals surface area contributed by atoms with Crippen molar-refractivity contribution in [3.8, 4) is 0 Å². The van der Waals surface area contributed by atoms with E-state index in [1.165, 1.54) is 0 Å². The molecule has 3 atom stereocenters. The van der Waals surface area contributed by atoms with Crippen molar-refractivity contribution >= 4 is 5.91 Å². The topological polar surface area (TPSA) is 54.5 Å². The van der Waals surface area contributed by atoms with E-state index in [1.54, 1.807) is 6.20 Å². The molecule has 1 aliphatic rings. The molecule has 5 nitrogen and oxygen atoms in total. The highest BCUT2D eigenvalue weighted by molar-refractivity contribution is 5.82. The van der Waals surface area contributed by atoms with Crippen molar-refractivity contribution in [2.24, 2.45) is 5.92 Å². The summed E-state index contributed by atoms with van der Waals surface area (Å²) in [5, 5.41) is 3.08. The first-order chi connectivity index (χ1) is 11.0. The van der Waals surface area contributed by atoms with E-state index >= 15 is 0 Å². The normalized spacial score (nSPS) is 23.7. The van der Waals surface area contributed by atoms with Gasteiger partial charge in [-0.2, -0.15) is 0 Å². The van der Waals surface area contributed by atoms with Gasteiger partial charge >= 0.3 is 0 Å². The number of carbonyl (C=O) groups excluding carboxylic acids is 1. The Morgan fingerprint density at radius 2 is 2.04 bits per heavy atom. The molecule has 1 aliphatic heterocycles. The van der Waals surface area contributed by atoms with Crippen LogP contribution < -0.4 is 5.32 Å². The van der Waals surface area contributed by atoms with Crippen molar-refractivity contribution in [2.75, 3.05) is 19.6 Å². The fourth-order valence-corrected chi connectivity index (χ4v) is 3.30. The molecule has 128 valence electrons. The zero-order valence-electron chi connectivity index (χ0n) is 14.7. The van der Waals surface area contributed by atoms with Crippen LogP contribution in [0, 0.1) is 5.92 Å². The Morgan fingerprint density at radius 3 is 2.61 bits per heavy atom. The minimum Gasteiger partial charge on any atom is -0.373 e. The summed E-state index contributed by atoms with van der Waals surface area (Å²) in [7, 11) is 0. The van der Waals surface area contributed by atoms with Crippen molar-refractivity contribution in [3.05, 3.63) is 30.1 Å². The van der Waals surface area contributed by atoms with Gasteiger partial charge in [-0.05, 0) is 31.9 Å². The summed E-state index contributed by atoms with van der Waals surface area (Å²) < 4.78 is 5.78. The second kappa shape index (κ2) is 8.41. The molecule has 2 rings (SSSR count).